The normalized spacial score (nSPS) is 27.0. The maximum Gasteiger partial charge on any atom is 0.189 e. The molecule has 0 spiro atoms. The molecule has 0 aromatic rings. The molecule has 1 fully saturated rings. The molecule has 3 heteroatoms. The zero-order valence-electron chi connectivity index (χ0n) is 5.77. The molecule has 0 bridgehead atoms. The lowest BCUT2D eigenvalue weighted by atomic mass is 10.1. The largest absolute Gasteiger partial charge is 1.00 e. The average molecular weight is 152 g/mol. The summed E-state index contributed by atoms with van der Waals surface area (Å²) >= 11 is 0. The van der Waals surface area contributed by atoms with Crippen LogP contribution in [0.15, 0.2) is 0 Å². The lowest BCUT2D eigenvalue weighted by molar-refractivity contribution is -0.733. The Hall–Kier alpha value is 0.210. The summed E-state index contributed by atoms with van der Waals surface area (Å²) in [5.74, 6) is 0. The van der Waals surface area contributed by atoms with E-state index in [2.05, 4.69) is 5.32 Å². The Bertz CT molecular complexity index is 64.1. The van der Waals surface area contributed by atoms with E-state index in [-0.39, 0.29) is 12.4 Å². The van der Waals surface area contributed by atoms with Crippen LogP contribution < -0.4 is 17.7 Å². The van der Waals surface area contributed by atoms with Crippen molar-refractivity contribution in [2.45, 2.75) is 25.5 Å². The number of piperidine rings is 1. The van der Waals surface area contributed by atoms with Crippen molar-refractivity contribution in [1.29, 1.82) is 0 Å². The molecule has 0 saturated carbocycles. The summed E-state index contributed by atoms with van der Waals surface area (Å²) < 4.78 is 5.14. The molecule has 2 N–H and O–H groups in total. The fraction of sp³-hybridized carbons (Fsp3) is 1.00. The van der Waals surface area contributed by atoms with Gasteiger partial charge in [-0.2, -0.15) is 0 Å². The monoisotopic (exact) mass is 151 g/mol. The number of halogens is 1. The van der Waals surface area contributed by atoms with E-state index in [1.807, 2.05) is 0 Å². The molecular formula is C6H14ClNO. The van der Waals surface area contributed by atoms with Gasteiger partial charge in [0.1, 0.15) is 0 Å². The van der Waals surface area contributed by atoms with E-state index in [0.717, 1.165) is 0 Å². The first-order valence-electron chi connectivity index (χ1n) is 3.29. The number of rotatable bonds is 1. The second-order valence-electron chi connectivity index (χ2n) is 2.29. The standard InChI is InChI=1S/C6H13NO.ClH/c1-8-6-4-2-3-5-7-6;/h6-7H,2-5H2,1H3;1H. The maximum atomic E-state index is 5.14. The molecule has 0 aromatic heterocycles. The number of hydrogen-bond donors (Lipinski definition) is 1. The number of nitrogens with two attached hydrogens (primary N) is 1. The zero-order valence-corrected chi connectivity index (χ0v) is 6.53. The van der Waals surface area contributed by atoms with Crippen LogP contribution in [-0.4, -0.2) is 19.9 Å². The molecular weight excluding hydrogens is 138 g/mol. The van der Waals surface area contributed by atoms with Gasteiger partial charge in [0, 0.05) is 13.5 Å². The van der Waals surface area contributed by atoms with Crippen molar-refractivity contribution in [2.75, 3.05) is 13.7 Å². The van der Waals surface area contributed by atoms with Gasteiger partial charge in [-0.15, -0.1) is 0 Å². The topological polar surface area (TPSA) is 25.8 Å². The van der Waals surface area contributed by atoms with Gasteiger partial charge in [-0.3, -0.25) is 0 Å². The number of hydrogen-bond acceptors (Lipinski definition) is 1. The molecule has 2 nitrogen and oxygen atoms in total. The fourth-order valence-corrected chi connectivity index (χ4v) is 1.13. The lowest BCUT2D eigenvalue weighted by Crippen LogP contribution is -3.00. The smallest absolute Gasteiger partial charge is 0.189 e. The van der Waals surface area contributed by atoms with Crippen molar-refractivity contribution < 1.29 is 22.5 Å². The van der Waals surface area contributed by atoms with Crippen molar-refractivity contribution in [3.05, 3.63) is 0 Å². The number of methoxy groups -OCH3 is 1. The van der Waals surface area contributed by atoms with Gasteiger partial charge >= 0.3 is 0 Å². The van der Waals surface area contributed by atoms with Crippen LogP contribution in [0.1, 0.15) is 19.3 Å². The van der Waals surface area contributed by atoms with Gasteiger partial charge in [0.25, 0.3) is 0 Å². The van der Waals surface area contributed by atoms with Crippen LogP contribution in [0.2, 0.25) is 0 Å². The molecule has 56 valence electrons. The molecule has 0 aliphatic carbocycles. The molecule has 1 heterocycles. The van der Waals surface area contributed by atoms with Gasteiger partial charge in [0.05, 0.1) is 6.54 Å². The quantitative estimate of drug-likeness (QED) is 0.418. The fourth-order valence-electron chi connectivity index (χ4n) is 1.13. The van der Waals surface area contributed by atoms with Gasteiger partial charge < -0.3 is 22.5 Å². The molecule has 1 aliphatic heterocycles. The molecule has 1 atom stereocenters. The van der Waals surface area contributed by atoms with E-state index >= 15 is 0 Å². The summed E-state index contributed by atoms with van der Waals surface area (Å²) in [4.78, 5) is 0. The van der Waals surface area contributed by atoms with Crippen LogP contribution in [0.3, 0.4) is 0 Å². The number of ether oxygens (including phenoxy) is 1. The molecule has 1 aliphatic rings. The van der Waals surface area contributed by atoms with E-state index < -0.39 is 0 Å². The first-order chi connectivity index (χ1) is 3.93. The Kier molecular flexibility index (Phi) is 5.15. The second-order valence-corrected chi connectivity index (χ2v) is 2.29. The summed E-state index contributed by atoms with van der Waals surface area (Å²) in [6.45, 7) is 1.25. The molecule has 9 heavy (non-hydrogen) atoms. The summed E-state index contributed by atoms with van der Waals surface area (Å²) in [5, 5.41) is 2.27. The highest BCUT2D eigenvalue weighted by molar-refractivity contribution is 4.47. The Morgan fingerprint density at radius 3 is 2.56 bits per heavy atom. The van der Waals surface area contributed by atoms with E-state index in [0.29, 0.717) is 6.23 Å². The zero-order chi connectivity index (χ0) is 5.82. The first kappa shape index (κ1) is 9.21. The van der Waals surface area contributed by atoms with Crippen LogP contribution in [0.5, 0.6) is 0 Å². The first-order valence-corrected chi connectivity index (χ1v) is 3.29. The Morgan fingerprint density at radius 2 is 2.22 bits per heavy atom. The Morgan fingerprint density at radius 1 is 1.44 bits per heavy atom. The Balaban J connectivity index is 0.000000640. The molecule has 0 radical (unpaired) electrons. The highest BCUT2D eigenvalue weighted by Gasteiger charge is 2.13. The predicted molar refractivity (Wildman–Crippen MR) is 31.4 cm³/mol. The SMILES string of the molecule is COC1CCCC[NH2+]1.[Cl-]. The van der Waals surface area contributed by atoms with E-state index in [9.17, 15) is 0 Å². The van der Waals surface area contributed by atoms with Gasteiger partial charge in [-0.05, 0) is 12.8 Å². The summed E-state index contributed by atoms with van der Waals surface area (Å²) in [7, 11) is 1.78. The maximum absolute atomic E-state index is 5.14. The second kappa shape index (κ2) is 5.03. The van der Waals surface area contributed by atoms with Crippen molar-refractivity contribution in [3.8, 4) is 0 Å². The van der Waals surface area contributed by atoms with Crippen molar-refractivity contribution in [3.63, 3.8) is 0 Å². The predicted octanol–water partition coefficient (Wildman–Crippen LogP) is -3.29. The minimum absolute atomic E-state index is 0. The molecule has 0 amide bonds. The van der Waals surface area contributed by atoms with E-state index in [1.165, 1.54) is 25.8 Å². The van der Waals surface area contributed by atoms with Gasteiger partial charge in [0.15, 0.2) is 6.23 Å². The third-order valence-electron chi connectivity index (χ3n) is 1.68. The third kappa shape index (κ3) is 3.04. The van der Waals surface area contributed by atoms with Crippen LogP contribution in [0, 0.1) is 0 Å². The highest BCUT2D eigenvalue weighted by Crippen LogP contribution is 2.00. The van der Waals surface area contributed by atoms with Crippen LogP contribution in [0.25, 0.3) is 0 Å². The van der Waals surface area contributed by atoms with Crippen molar-refractivity contribution in [2.24, 2.45) is 0 Å². The molecule has 1 saturated heterocycles. The lowest BCUT2D eigenvalue weighted by Gasteiger charge is -2.17. The summed E-state index contributed by atoms with van der Waals surface area (Å²) in [5.41, 5.74) is 0. The van der Waals surface area contributed by atoms with Crippen LogP contribution in [-0.2, 0) is 4.74 Å². The average Bonchev–Trinajstić information content (AvgIpc) is 1.90. The minimum Gasteiger partial charge on any atom is -1.00 e. The highest BCUT2D eigenvalue weighted by atomic mass is 35.5. The molecule has 0 aromatic carbocycles. The van der Waals surface area contributed by atoms with Crippen LogP contribution >= 0.6 is 0 Å². The van der Waals surface area contributed by atoms with Gasteiger partial charge in [-0.1, -0.05) is 0 Å². The van der Waals surface area contributed by atoms with E-state index in [1.54, 1.807) is 7.11 Å². The van der Waals surface area contributed by atoms with Crippen molar-refractivity contribution in [1.82, 2.24) is 0 Å². The third-order valence-corrected chi connectivity index (χ3v) is 1.68. The van der Waals surface area contributed by atoms with Crippen molar-refractivity contribution >= 4 is 0 Å². The van der Waals surface area contributed by atoms with Crippen LogP contribution in [0.4, 0.5) is 0 Å². The summed E-state index contributed by atoms with van der Waals surface area (Å²) in [6.07, 6.45) is 4.40. The summed E-state index contributed by atoms with van der Waals surface area (Å²) in [6, 6.07) is 0. The minimum atomic E-state index is 0. The van der Waals surface area contributed by atoms with Gasteiger partial charge in [0.2, 0.25) is 0 Å². The van der Waals surface area contributed by atoms with Gasteiger partial charge in [-0.25, -0.2) is 0 Å². The number of quaternary nitrogens is 1. The molecule has 1 unspecified atom stereocenters. The van der Waals surface area contributed by atoms with E-state index in [4.69, 9.17) is 4.74 Å². The molecule has 1 rings (SSSR count). The Labute approximate surface area is 62.4 Å².